The molecule has 0 aliphatic carbocycles. The van der Waals surface area contributed by atoms with E-state index >= 15 is 0 Å². The number of benzene rings is 2. The molecule has 1 unspecified atom stereocenters. The highest BCUT2D eigenvalue weighted by molar-refractivity contribution is 6.03. The van der Waals surface area contributed by atoms with Gasteiger partial charge in [0.15, 0.2) is 0 Å². The number of fused-ring (bicyclic) bond motifs is 1. The lowest BCUT2D eigenvalue weighted by molar-refractivity contribution is -0.117. The van der Waals surface area contributed by atoms with Crippen LogP contribution in [0.4, 0.5) is 5.69 Å². The van der Waals surface area contributed by atoms with Crippen LogP contribution in [-0.2, 0) is 16.0 Å². The van der Waals surface area contributed by atoms with Gasteiger partial charge >= 0.3 is 5.97 Å². The number of rotatable bonds is 3. The normalized spacial score (nSPS) is 16.2. The molecule has 0 saturated carbocycles. The molecule has 0 spiro atoms. The summed E-state index contributed by atoms with van der Waals surface area (Å²) in [6.45, 7) is 0. The molecular weight excluding hydrogens is 266 g/mol. The zero-order valence-corrected chi connectivity index (χ0v) is 11.6. The first-order valence-corrected chi connectivity index (χ1v) is 6.76. The maximum absolute atomic E-state index is 12.1. The Hall–Kier alpha value is -2.62. The van der Waals surface area contributed by atoms with Gasteiger partial charge in [-0.2, -0.15) is 0 Å². The van der Waals surface area contributed by atoms with Gasteiger partial charge < -0.3 is 10.1 Å². The van der Waals surface area contributed by atoms with Gasteiger partial charge in [-0.25, -0.2) is 4.79 Å². The summed E-state index contributed by atoms with van der Waals surface area (Å²) in [5, 5.41) is 2.89. The third kappa shape index (κ3) is 2.52. The summed E-state index contributed by atoms with van der Waals surface area (Å²) in [4.78, 5) is 23.5. The van der Waals surface area contributed by atoms with Crippen LogP contribution in [0.25, 0.3) is 0 Å². The molecule has 1 aliphatic rings. The van der Waals surface area contributed by atoms with E-state index in [4.69, 9.17) is 0 Å². The Balaban J connectivity index is 1.81. The fourth-order valence-electron chi connectivity index (χ4n) is 2.61. The molecule has 0 radical (unpaired) electrons. The lowest BCUT2D eigenvalue weighted by atomic mass is 9.93. The molecular formula is C17H15NO3. The molecule has 4 heteroatoms. The first kappa shape index (κ1) is 13.4. The zero-order chi connectivity index (χ0) is 14.8. The summed E-state index contributed by atoms with van der Waals surface area (Å²) in [7, 11) is 1.36. The van der Waals surface area contributed by atoms with Crippen LogP contribution in [-0.4, -0.2) is 19.0 Å². The Kier molecular flexibility index (Phi) is 3.44. The van der Waals surface area contributed by atoms with Crippen molar-refractivity contribution < 1.29 is 14.3 Å². The number of amides is 1. The van der Waals surface area contributed by atoms with Crippen molar-refractivity contribution in [2.75, 3.05) is 12.4 Å². The smallest absolute Gasteiger partial charge is 0.337 e. The molecule has 21 heavy (non-hydrogen) atoms. The highest BCUT2D eigenvalue weighted by atomic mass is 16.5. The number of hydrogen-bond acceptors (Lipinski definition) is 3. The number of hydrogen-bond donors (Lipinski definition) is 1. The first-order valence-electron chi connectivity index (χ1n) is 6.76. The van der Waals surface area contributed by atoms with Gasteiger partial charge in [0.25, 0.3) is 0 Å². The van der Waals surface area contributed by atoms with Crippen LogP contribution in [0.2, 0.25) is 0 Å². The summed E-state index contributed by atoms with van der Waals surface area (Å²) in [6, 6.07) is 14.9. The zero-order valence-electron chi connectivity index (χ0n) is 11.6. The van der Waals surface area contributed by atoms with Gasteiger partial charge in [-0.15, -0.1) is 0 Å². The number of para-hydroxylation sites is 1. The molecule has 1 N–H and O–H groups in total. The van der Waals surface area contributed by atoms with Crippen LogP contribution >= 0.6 is 0 Å². The SMILES string of the molecule is COC(=O)c1ccc(CC2C(=O)Nc3ccccc32)cc1. The molecule has 4 nitrogen and oxygen atoms in total. The van der Waals surface area contributed by atoms with Gasteiger partial charge in [0.1, 0.15) is 0 Å². The predicted molar refractivity (Wildman–Crippen MR) is 79.3 cm³/mol. The maximum Gasteiger partial charge on any atom is 0.337 e. The number of ether oxygens (including phenoxy) is 1. The van der Waals surface area contributed by atoms with Crippen molar-refractivity contribution in [3.05, 3.63) is 65.2 Å². The van der Waals surface area contributed by atoms with Crippen molar-refractivity contribution in [3.63, 3.8) is 0 Å². The first-order chi connectivity index (χ1) is 10.2. The van der Waals surface area contributed by atoms with Gasteiger partial charge in [-0.3, -0.25) is 4.79 Å². The topological polar surface area (TPSA) is 55.4 Å². The van der Waals surface area contributed by atoms with Crippen LogP contribution in [0, 0.1) is 0 Å². The Morgan fingerprint density at radius 3 is 2.57 bits per heavy atom. The van der Waals surface area contributed by atoms with Crippen molar-refractivity contribution >= 4 is 17.6 Å². The second-order valence-electron chi connectivity index (χ2n) is 5.02. The van der Waals surface area contributed by atoms with Crippen molar-refractivity contribution in [2.45, 2.75) is 12.3 Å². The van der Waals surface area contributed by atoms with E-state index in [1.165, 1.54) is 7.11 Å². The van der Waals surface area contributed by atoms with E-state index in [2.05, 4.69) is 10.1 Å². The summed E-state index contributed by atoms with van der Waals surface area (Å²) in [6.07, 6.45) is 0.615. The minimum atomic E-state index is -0.356. The van der Waals surface area contributed by atoms with E-state index in [1.54, 1.807) is 12.1 Å². The molecule has 2 aromatic rings. The van der Waals surface area contributed by atoms with E-state index in [0.717, 1.165) is 16.8 Å². The molecule has 1 amide bonds. The van der Waals surface area contributed by atoms with Crippen molar-refractivity contribution in [1.29, 1.82) is 0 Å². The molecule has 0 saturated heterocycles. The average Bonchev–Trinajstić information content (AvgIpc) is 2.83. The minimum Gasteiger partial charge on any atom is -0.465 e. The van der Waals surface area contributed by atoms with E-state index in [1.807, 2.05) is 36.4 Å². The molecule has 1 aliphatic heterocycles. The van der Waals surface area contributed by atoms with Gasteiger partial charge in [-0.1, -0.05) is 30.3 Å². The number of nitrogens with one attached hydrogen (secondary N) is 1. The number of carbonyl (C=O) groups excluding carboxylic acids is 2. The van der Waals surface area contributed by atoms with Gasteiger partial charge in [0.05, 0.1) is 18.6 Å². The van der Waals surface area contributed by atoms with Crippen LogP contribution in [0.3, 0.4) is 0 Å². The number of methoxy groups -OCH3 is 1. The quantitative estimate of drug-likeness (QED) is 0.880. The lowest BCUT2D eigenvalue weighted by Gasteiger charge is -2.09. The Bertz CT molecular complexity index is 691. The molecule has 0 aromatic heterocycles. The van der Waals surface area contributed by atoms with Crippen molar-refractivity contribution in [1.82, 2.24) is 0 Å². The van der Waals surface area contributed by atoms with E-state index in [9.17, 15) is 9.59 Å². The Morgan fingerprint density at radius 2 is 1.86 bits per heavy atom. The average molecular weight is 281 g/mol. The highest BCUT2D eigenvalue weighted by Gasteiger charge is 2.29. The fourth-order valence-corrected chi connectivity index (χ4v) is 2.61. The van der Waals surface area contributed by atoms with Crippen molar-refractivity contribution in [2.24, 2.45) is 0 Å². The van der Waals surface area contributed by atoms with E-state index in [0.29, 0.717) is 12.0 Å². The second-order valence-corrected chi connectivity index (χ2v) is 5.02. The highest BCUT2D eigenvalue weighted by Crippen LogP contribution is 2.34. The predicted octanol–water partition coefficient (Wildman–Crippen LogP) is 2.75. The molecule has 0 fully saturated rings. The third-order valence-corrected chi connectivity index (χ3v) is 3.73. The molecule has 3 rings (SSSR count). The second kappa shape index (κ2) is 5.40. The number of anilines is 1. The van der Waals surface area contributed by atoms with Gasteiger partial charge in [-0.05, 0) is 35.7 Å². The van der Waals surface area contributed by atoms with Crippen LogP contribution in [0.15, 0.2) is 48.5 Å². The van der Waals surface area contributed by atoms with E-state index < -0.39 is 0 Å². The van der Waals surface area contributed by atoms with Crippen LogP contribution in [0.5, 0.6) is 0 Å². The Morgan fingerprint density at radius 1 is 1.14 bits per heavy atom. The number of esters is 1. The largest absolute Gasteiger partial charge is 0.465 e. The fraction of sp³-hybridized carbons (Fsp3) is 0.176. The minimum absolute atomic E-state index is 0.0215. The standard InChI is InChI=1S/C17H15NO3/c1-21-17(20)12-8-6-11(7-9-12)10-14-13-4-2-3-5-15(13)18-16(14)19/h2-9,14H,10H2,1H3,(H,18,19). The van der Waals surface area contributed by atoms with Gasteiger partial charge in [0.2, 0.25) is 5.91 Å². The monoisotopic (exact) mass is 281 g/mol. The summed E-state index contributed by atoms with van der Waals surface area (Å²) in [5.41, 5.74) is 3.44. The van der Waals surface area contributed by atoms with Crippen LogP contribution in [0.1, 0.15) is 27.4 Å². The number of carbonyl (C=O) groups is 2. The summed E-state index contributed by atoms with van der Waals surface area (Å²) in [5.74, 6) is -0.510. The molecule has 0 bridgehead atoms. The molecule has 2 aromatic carbocycles. The maximum atomic E-state index is 12.1. The summed E-state index contributed by atoms with van der Waals surface area (Å²) >= 11 is 0. The van der Waals surface area contributed by atoms with E-state index in [-0.39, 0.29) is 17.8 Å². The van der Waals surface area contributed by atoms with Crippen molar-refractivity contribution in [3.8, 4) is 0 Å². The molecule has 106 valence electrons. The molecule has 1 atom stereocenters. The van der Waals surface area contributed by atoms with Crippen LogP contribution < -0.4 is 5.32 Å². The molecule has 1 heterocycles. The summed E-state index contributed by atoms with van der Waals surface area (Å²) < 4.78 is 4.67. The lowest BCUT2D eigenvalue weighted by Crippen LogP contribution is -2.14. The van der Waals surface area contributed by atoms with Gasteiger partial charge in [0, 0.05) is 5.69 Å². The Labute approximate surface area is 122 Å². The third-order valence-electron chi connectivity index (χ3n) is 3.73.